The number of likely N-dealkylation sites (tertiary alicyclic amines) is 1. The predicted octanol–water partition coefficient (Wildman–Crippen LogP) is 3.44. The fourth-order valence-electron chi connectivity index (χ4n) is 4.31. The first-order chi connectivity index (χ1) is 15.1. The Bertz CT molecular complexity index is 999. The minimum atomic E-state index is -1.48. The largest absolute Gasteiger partial charge is 0.351 e. The van der Waals surface area contributed by atoms with E-state index in [1.807, 2.05) is 6.92 Å². The van der Waals surface area contributed by atoms with Crippen molar-refractivity contribution in [3.63, 3.8) is 0 Å². The molecule has 7 heteroatoms. The Balaban J connectivity index is 1.53. The number of nitrogens with zero attached hydrogens (tertiary/aromatic N) is 2. The molecule has 1 saturated heterocycles. The van der Waals surface area contributed by atoms with E-state index in [2.05, 4.69) is 10.2 Å². The summed E-state index contributed by atoms with van der Waals surface area (Å²) in [6, 6.07) is 12.1. The molecular weight excluding hydrogens is 410 g/mol. The third-order valence-corrected chi connectivity index (χ3v) is 7.50. The lowest BCUT2D eigenvalue weighted by atomic mass is 10.1. The van der Waals surface area contributed by atoms with Crippen molar-refractivity contribution in [2.75, 3.05) is 37.6 Å². The molecule has 0 saturated carbocycles. The van der Waals surface area contributed by atoms with Gasteiger partial charge in [-0.15, -0.1) is 0 Å². The monoisotopic (exact) mass is 439 g/mol. The molecule has 0 bridgehead atoms. The van der Waals surface area contributed by atoms with E-state index in [0.29, 0.717) is 39.7 Å². The van der Waals surface area contributed by atoms with Crippen molar-refractivity contribution in [2.24, 2.45) is 0 Å². The Kier molecular flexibility index (Phi) is 6.83. The quantitative estimate of drug-likeness (QED) is 0.775. The lowest BCUT2D eigenvalue weighted by Gasteiger charge is -2.22. The van der Waals surface area contributed by atoms with E-state index >= 15 is 0 Å². The molecule has 1 fully saturated rings. The molecule has 1 N–H and O–H groups in total. The van der Waals surface area contributed by atoms with E-state index in [1.165, 1.54) is 25.7 Å². The van der Waals surface area contributed by atoms with Crippen LogP contribution in [0.5, 0.6) is 0 Å². The van der Waals surface area contributed by atoms with Gasteiger partial charge in [-0.2, -0.15) is 0 Å². The SMILES string of the molecule is CCN1C(=O)c2ccccc2S(=O)c2ccc(C(=O)NCCN3CCCCCC3)cc21. The van der Waals surface area contributed by atoms with Crippen molar-refractivity contribution in [3.05, 3.63) is 53.6 Å². The van der Waals surface area contributed by atoms with Crippen molar-refractivity contribution in [1.29, 1.82) is 0 Å². The molecule has 6 nitrogen and oxygen atoms in total. The summed E-state index contributed by atoms with van der Waals surface area (Å²) in [5.41, 5.74) is 1.47. The number of carbonyl (C=O) groups is 2. The molecule has 164 valence electrons. The van der Waals surface area contributed by atoms with Gasteiger partial charge in [-0.1, -0.05) is 25.0 Å². The van der Waals surface area contributed by atoms with Gasteiger partial charge in [0.25, 0.3) is 11.8 Å². The zero-order valence-corrected chi connectivity index (χ0v) is 18.7. The molecule has 2 amide bonds. The maximum Gasteiger partial charge on any atom is 0.259 e. The van der Waals surface area contributed by atoms with Crippen LogP contribution in [0.25, 0.3) is 0 Å². The van der Waals surface area contributed by atoms with Crippen LogP contribution in [-0.2, 0) is 10.8 Å². The second-order valence-corrected chi connectivity index (χ2v) is 9.43. The normalized spacial score (nSPS) is 19.2. The highest BCUT2D eigenvalue weighted by Crippen LogP contribution is 2.35. The minimum Gasteiger partial charge on any atom is -0.351 e. The summed E-state index contributed by atoms with van der Waals surface area (Å²) in [6.07, 6.45) is 5.02. The second kappa shape index (κ2) is 9.75. The van der Waals surface area contributed by atoms with Gasteiger partial charge in [0.15, 0.2) is 0 Å². The number of carbonyl (C=O) groups excluding carboxylic acids is 2. The number of anilines is 1. The number of hydrogen-bond donors (Lipinski definition) is 1. The van der Waals surface area contributed by atoms with Gasteiger partial charge in [-0.3, -0.25) is 9.59 Å². The van der Waals surface area contributed by atoms with Crippen molar-refractivity contribution < 1.29 is 13.8 Å². The standard InChI is InChI=1S/C24H29N3O3S/c1-2-27-20-17-18(23(28)25-13-16-26-14-7-3-4-8-15-26)11-12-22(20)31(30)21-10-6-5-9-19(21)24(27)29/h5-6,9-12,17H,2-4,7-8,13-16H2,1H3,(H,25,28). The van der Waals surface area contributed by atoms with Gasteiger partial charge in [-0.25, -0.2) is 4.21 Å². The average Bonchev–Trinajstić information content (AvgIpc) is 3.11. The Hall–Kier alpha value is -2.51. The average molecular weight is 440 g/mol. The van der Waals surface area contributed by atoms with Crippen molar-refractivity contribution in [1.82, 2.24) is 10.2 Å². The number of rotatable bonds is 5. The van der Waals surface area contributed by atoms with Crippen LogP contribution >= 0.6 is 0 Å². The number of hydrogen-bond acceptors (Lipinski definition) is 4. The van der Waals surface area contributed by atoms with Gasteiger partial charge in [0.05, 0.1) is 31.8 Å². The Morgan fingerprint density at radius 3 is 2.52 bits per heavy atom. The zero-order chi connectivity index (χ0) is 21.8. The van der Waals surface area contributed by atoms with Gasteiger partial charge in [0.1, 0.15) is 0 Å². The van der Waals surface area contributed by atoms with Gasteiger partial charge < -0.3 is 15.1 Å². The van der Waals surface area contributed by atoms with Gasteiger partial charge in [0.2, 0.25) is 0 Å². The van der Waals surface area contributed by atoms with Gasteiger partial charge >= 0.3 is 0 Å². The van der Waals surface area contributed by atoms with E-state index < -0.39 is 10.8 Å². The van der Waals surface area contributed by atoms with Crippen LogP contribution in [0.15, 0.2) is 52.3 Å². The van der Waals surface area contributed by atoms with E-state index in [1.54, 1.807) is 47.4 Å². The fraction of sp³-hybridized carbons (Fsp3) is 0.417. The summed E-state index contributed by atoms with van der Waals surface area (Å²) in [5.74, 6) is -0.363. The molecule has 4 rings (SSSR count). The summed E-state index contributed by atoms with van der Waals surface area (Å²) in [5, 5.41) is 3.00. The van der Waals surface area contributed by atoms with E-state index in [-0.39, 0.29) is 11.8 Å². The first kappa shape index (κ1) is 21.7. The maximum atomic E-state index is 13.2. The summed E-state index contributed by atoms with van der Waals surface area (Å²) in [7, 11) is -1.48. The first-order valence-corrected chi connectivity index (χ1v) is 12.2. The summed E-state index contributed by atoms with van der Waals surface area (Å²) < 4.78 is 13.2. The lowest BCUT2D eigenvalue weighted by Crippen LogP contribution is -2.35. The van der Waals surface area contributed by atoms with Crippen LogP contribution in [0.4, 0.5) is 5.69 Å². The molecule has 0 aliphatic carbocycles. The Labute approximate surface area is 186 Å². The van der Waals surface area contributed by atoms with Gasteiger partial charge in [-0.05, 0) is 63.2 Å². The Morgan fingerprint density at radius 1 is 1.03 bits per heavy atom. The van der Waals surface area contributed by atoms with Crippen molar-refractivity contribution >= 4 is 28.3 Å². The van der Waals surface area contributed by atoms with E-state index in [9.17, 15) is 13.8 Å². The fourth-order valence-corrected chi connectivity index (χ4v) is 5.65. The molecule has 0 spiro atoms. The van der Waals surface area contributed by atoms with Crippen LogP contribution in [0.2, 0.25) is 0 Å². The van der Waals surface area contributed by atoms with Gasteiger partial charge in [0, 0.05) is 25.2 Å². The second-order valence-electron chi connectivity index (χ2n) is 8.01. The molecule has 0 radical (unpaired) electrons. The van der Waals surface area contributed by atoms with Crippen molar-refractivity contribution in [2.45, 2.75) is 42.4 Å². The zero-order valence-electron chi connectivity index (χ0n) is 17.9. The minimum absolute atomic E-state index is 0.173. The number of benzene rings is 2. The molecule has 2 aromatic carbocycles. The summed E-state index contributed by atoms with van der Waals surface area (Å²) >= 11 is 0. The number of fused-ring (bicyclic) bond motifs is 2. The Morgan fingerprint density at radius 2 is 1.77 bits per heavy atom. The summed E-state index contributed by atoms with van der Waals surface area (Å²) in [4.78, 5) is 31.0. The molecule has 31 heavy (non-hydrogen) atoms. The van der Waals surface area contributed by atoms with E-state index in [0.717, 1.165) is 19.6 Å². The topological polar surface area (TPSA) is 69.7 Å². The highest BCUT2D eigenvalue weighted by Gasteiger charge is 2.30. The van der Waals surface area contributed by atoms with Crippen LogP contribution in [0.3, 0.4) is 0 Å². The number of amides is 2. The predicted molar refractivity (Wildman–Crippen MR) is 122 cm³/mol. The number of nitrogens with one attached hydrogen (secondary N) is 1. The molecule has 2 heterocycles. The summed E-state index contributed by atoms with van der Waals surface area (Å²) in [6.45, 7) is 5.92. The first-order valence-electron chi connectivity index (χ1n) is 11.1. The van der Waals surface area contributed by atoms with Crippen LogP contribution in [0.1, 0.15) is 53.3 Å². The molecular formula is C24H29N3O3S. The smallest absolute Gasteiger partial charge is 0.259 e. The third-order valence-electron chi connectivity index (χ3n) is 6.00. The van der Waals surface area contributed by atoms with Crippen LogP contribution in [-0.4, -0.2) is 53.6 Å². The molecule has 2 aliphatic rings. The van der Waals surface area contributed by atoms with Crippen molar-refractivity contribution in [3.8, 4) is 0 Å². The lowest BCUT2D eigenvalue weighted by molar-refractivity contribution is 0.0945. The molecule has 1 atom stereocenters. The van der Waals surface area contributed by atoms with Crippen LogP contribution in [0, 0.1) is 0 Å². The van der Waals surface area contributed by atoms with E-state index in [4.69, 9.17) is 0 Å². The molecule has 1 unspecified atom stereocenters. The highest BCUT2D eigenvalue weighted by atomic mass is 32.2. The molecule has 2 aromatic rings. The molecule has 2 aliphatic heterocycles. The maximum absolute atomic E-state index is 13.2. The molecule has 0 aromatic heterocycles. The highest BCUT2D eigenvalue weighted by molar-refractivity contribution is 7.85. The van der Waals surface area contributed by atoms with Crippen LogP contribution < -0.4 is 10.2 Å². The third kappa shape index (κ3) is 4.57.